The minimum Gasteiger partial charge on any atom is -0.406 e. The molecular weight excluding hydrogens is 461 g/mol. The lowest BCUT2D eigenvalue weighted by Crippen LogP contribution is -2.20. The Morgan fingerprint density at radius 2 is 1.82 bits per heavy atom. The summed E-state index contributed by atoms with van der Waals surface area (Å²) in [6, 6.07) is 12.3. The van der Waals surface area contributed by atoms with E-state index in [1.165, 1.54) is 29.5 Å². The Bertz CT molecular complexity index is 1290. The summed E-state index contributed by atoms with van der Waals surface area (Å²) in [5, 5.41) is 3.83. The largest absolute Gasteiger partial charge is 0.573 e. The highest BCUT2D eigenvalue weighted by Crippen LogP contribution is 2.35. The second-order valence-corrected chi connectivity index (χ2v) is 8.07. The van der Waals surface area contributed by atoms with Gasteiger partial charge >= 0.3 is 12.5 Å². The van der Waals surface area contributed by atoms with Crippen molar-refractivity contribution in [1.29, 1.82) is 0 Å². The quantitative estimate of drug-likeness (QED) is 0.438. The second-order valence-electron chi connectivity index (χ2n) is 7.04. The van der Waals surface area contributed by atoms with Gasteiger partial charge in [0.05, 0.1) is 21.3 Å². The summed E-state index contributed by atoms with van der Waals surface area (Å²) in [6.45, 7) is 1.39. The summed E-state index contributed by atoms with van der Waals surface area (Å²) in [5.41, 5.74) is 2.48. The second kappa shape index (κ2) is 9.57. The van der Waals surface area contributed by atoms with E-state index in [2.05, 4.69) is 19.6 Å². The van der Waals surface area contributed by atoms with E-state index in [0.29, 0.717) is 34.5 Å². The minimum absolute atomic E-state index is 0.245. The van der Waals surface area contributed by atoms with Crippen LogP contribution in [0.4, 0.5) is 24.3 Å². The number of carbonyl (C=O) groups excluding carboxylic acids is 2. The molecule has 12 heteroatoms. The average molecular weight is 478 g/mol. The summed E-state index contributed by atoms with van der Waals surface area (Å²) in [4.78, 5) is 25.5. The molecule has 0 spiro atoms. The van der Waals surface area contributed by atoms with E-state index in [0.717, 1.165) is 23.9 Å². The van der Waals surface area contributed by atoms with Crippen LogP contribution < -0.4 is 10.1 Å². The Balaban J connectivity index is 0.000000821. The topological polar surface area (TPSA) is 95.3 Å². The molecule has 1 saturated heterocycles. The van der Waals surface area contributed by atoms with Crippen molar-refractivity contribution in [3.8, 4) is 5.75 Å². The van der Waals surface area contributed by atoms with Crippen molar-refractivity contribution >= 4 is 49.8 Å². The third kappa shape index (κ3) is 5.30. The van der Waals surface area contributed by atoms with Crippen molar-refractivity contribution in [2.45, 2.75) is 25.2 Å². The van der Waals surface area contributed by atoms with Gasteiger partial charge in [0, 0.05) is 25.3 Å². The van der Waals surface area contributed by atoms with Gasteiger partial charge in [-0.05, 0) is 37.1 Å². The van der Waals surface area contributed by atoms with Gasteiger partial charge in [0.2, 0.25) is 5.95 Å². The number of nitrogens with one attached hydrogen (secondary N) is 1. The van der Waals surface area contributed by atoms with Gasteiger partial charge in [0.25, 0.3) is 0 Å². The molecule has 3 heterocycles. The zero-order valence-corrected chi connectivity index (χ0v) is 17.8. The van der Waals surface area contributed by atoms with Crippen molar-refractivity contribution in [1.82, 2.24) is 14.5 Å². The van der Waals surface area contributed by atoms with Crippen LogP contribution in [0.15, 0.2) is 42.5 Å². The molecule has 4 aromatic rings. The number of fused-ring (bicyclic) bond motifs is 2. The van der Waals surface area contributed by atoms with Gasteiger partial charge in [0.15, 0.2) is 5.13 Å². The number of benzene rings is 2. The molecule has 2 aromatic carbocycles. The van der Waals surface area contributed by atoms with Crippen LogP contribution in [-0.2, 0) is 14.3 Å². The Morgan fingerprint density at radius 3 is 2.55 bits per heavy atom. The highest BCUT2D eigenvalue weighted by molar-refractivity contribution is 7.22. The van der Waals surface area contributed by atoms with Gasteiger partial charge in [-0.2, -0.15) is 9.59 Å². The Labute approximate surface area is 189 Å². The lowest BCUT2D eigenvalue weighted by molar-refractivity contribution is -0.274. The van der Waals surface area contributed by atoms with Crippen molar-refractivity contribution in [2.75, 3.05) is 18.5 Å². The van der Waals surface area contributed by atoms with Crippen LogP contribution >= 0.6 is 11.3 Å². The van der Waals surface area contributed by atoms with Crippen LogP contribution in [0.5, 0.6) is 5.75 Å². The van der Waals surface area contributed by atoms with E-state index in [-0.39, 0.29) is 17.9 Å². The smallest absolute Gasteiger partial charge is 0.406 e. The lowest BCUT2D eigenvalue weighted by atomic mass is 10.1. The fourth-order valence-electron chi connectivity index (χ4n) is 3.70. The molecular formula is C21H17F3N4O4S. The van der Waals surface area contributed by atoms with Crippen molar-refractivity contribution in [3.63, 3.8) is 0 Å². The standard InChI is InChI=1S/C20H17F3N4O2S.CO2/c21-20(22,23)29-13-5-6-15-17(11-13)30-19(25-15)26-18-24-14-3-1-2-4-16(14)27(18)12-7-9-28-10-8-12;2-1-3/h1-6,11-12H,7-10H2,(H,24,25,26);. The van der Waals surface area contributed by atoms with Crippen LogP contribution in [-0.4, -0.2) is 40.3 Å². The number of ether oxygens (including phenoxy) is 2. The maximum absolute atomic E-state index is 12.5. The molecule has 0 unspecified atom stereocenters. The van der Waals surface area contributed by atoms with E-state index >= 15 is 0 Å². The first kappa shape index (κ1) is 22.7. The Kier molecular flexibility index (Phi) is 6.59. The van der Waals surface area contributed by atoms with Gasteiger partial charge < -0.3 is 19.4 Å². The number of nitrogens with zero attached hydrogens (tertiary/aromatic N) is 3. The molecule has 172 valence electrons. The number of thiazole rings is 1. The maximum atomic E-state index is 12.5. The summed E-state index contributed by atoms with van der Waals surface area (Å²) < 4.78 is 49.7. The van der Waals surface area contributed by atoms with E-state index in [1.54, 1.807) is 0 Å². The predicted molar refractivity (Wildman–Crippen MR) is 113 cm³/mol. The third-order valence-electron chi connectivity index (χ3n) is 4.96. The van der Waals surface area contributed by atoms with Crippen molar-refractivity contribution < 1.29 is 32.2 Å². The first-order valence-corrected chi connectivity index (χ1v) is 10.7. The number of hydrogen-bond donors (Lipinski definition) is 1. The zero-order chi connectivity index (χ0) is 23.4. The molecule has 0 saturated carbocycles. The van der Waals surface area contributed by atoms with E-state index in [4.69, 9.17) is 19.3 Å². The molecule has 5 rings (SSSR count). The number of hydrogen-bond acceptors (Lipinski definition) is 8. The lowest BCUT2D eigenvalue weighted by Gasteiger charge is -2.25. The monoisotopic (exact) mass is 478 g/mol. The van der Waals surface area contributed by atoms with Crippen LogP contribution in [0.1, 0.15) is 18.9 Å². The molecule has 0 bridgehead atoms. The number of para-hydroxylation sites is 2. The number of imidazole rings is 1. The molecule has 0 atom stereocenters. The molecule has 1 aliphatic rings. The number of anilines is 2. The zero-order valence-electron chi connectivity index (χ0n) is 17.0. The number of halogens is 3. The van der Waals surface area contributed by atoms with Crippen molar-refractivity contribution in [2.24, 2.45) is 0 Å². The van der Waals surface area contributed by atoms with Crippen LogP contribution in [0.3, 0.4) is 0 Å². The molecule has 0 aliphatic carbocycles. The summed E-state index contributed by atoms with van der Waals surface area (Å²) in [7, 11) is 0. The third-order valence-corrected chi connectivity index (χ3v) is 5.90. The Morgan fingerprint density at radius 1 is 1.09 bits per heavy atom. The molecule has 2 aromatic heterocycles. The molecule has 1 aliphatic heterocycles. The normalized spacial score (nSPS) is 14.5. The summed E-state index contributed by atoms with van der Waals surface area (Å²) >= 11 is 1.25. The van der Waals surface area contributed by atoms with Gasteiger partial charge in [0.1, 0.15) is 5.75 Å². The molecule has 1 fully saturated rings. The first-order chi connectivity index (χ1) is 15.9. The fraction of sp³-hybridized carbons (Fsp3) is 0.286. The molecule has 8 nitrogen and oxygen atoms in total. The van der Waals surface area contributed by atoms with Crippen molar-refractivity contribution in [3.05, 3.63) is 42.5 Å². The van der Waals surface area contributed by atoms with Crippen LogP contribution in [0.2, 0.25) is 0 Å². The van der Waals surface area contributed by atoms with Gasteiger partial charge in [-0.3, -0.25) is 0 Å². The number of aromatic nitrogens is 3. The highest BCUT2D eigenvalue weighted by Gasteiger charge is 2.31. The first-order valence-electron chi connectivity index (χ1n) is 9.85. The summed E-state index contributed by atoms with van der Waals surface area (Å²) in [6.07, 6.45) is -2.71. The predicted octanol–water partition coefficient (Wildman–Crippen LogP) is 5.06. The number of alkyl halides is 3. The van der Waals surface area contributed by atoms with Gasteiger partial charge in [-0.15, -0.1) is 13.2 Å². The van der Waals surface area contributed by atoms with E-state index in [1.807, 2.05) is 24.3 Å². The molecule has 1 N–H and O–H groups in total. The van der Waals surface area contributed by atoms with Gasteiger partial charge in [-0.25, -0.2) is 9.97 Å². The van der Waals surface area contributed by atoms with E-state index < -0.39 is 6.36 Å². The SMILES string of the molecule is FC(F)(F)Oc1ccc2nc(Nc3nc4ccccc4n3C3CCOCC3)sc2c1.O=C=O. The molecule has 0 radical (unpaired) electrons. The minimum atomic E-state index is -4.73. The van der Waals surface area contributed by atoms with Gasteiger partial charge in [-0.1, -0.05) is 23.5 Å². The van der Waals surface area contributed by atoms with Crippen LogP contribution in [0, 0.1) is 0 Å². The van der Waals surface area contributed by atoms with Crippen LogP contribution in [0.25, 0.3) is 21.3 Å². The maximum Gasteiger partial charge on any atom is 0.573 e. The fourth-order valence-corrected chi connectivity index (χ4v) is 4.58. The number of rotatable bonds is 4. The average Bonchev–Trinajstić information content (AvgIpc) is 3.33. The molecule has 0 amide bonds. The van der Waals surface area contributed by atoms with E-state index in [9.17, 15) is 13.2 Å². The molecule has 33 heavy (non-hydrogen) atoms. The summed E-state index contributed by atoms with van der Waals surface area (Å²) in [5.74, 6) is 0.397. The Hall–Kier alpha value is -3.47. The highest BCUT2D eigenvalue weighted by atomic mass is 32.1.